The van der Waals surface area contributed by atoms with E-state index in [2.05, 4.69) is 15.3 Å². The van der Waals surface area contributed by atoms with E-state index in [9.17, 15) is 4.79 Å². The van der Waals surface area contributed by atoms with Crippen molar-refractivity contribution in [2.75, 3.05) is 30.9 Å². The number of methoxy groups -OCH3 is 1. The lowest BCUT2D eigenvalue weighted by Crippen LogP contribution is -2.22. The van der Waals surface area contributed by atoms with Crippen molar-refractivity contribution in [3.8, 4) is 5.75 Å². The number of para-hydroxylation sites is 2. The third kappa shape index (κ3) is 4.82. The SMILES string of the molecule is COc1ccccc1NC(=O)c1ccnc(N(C)CCc2ccncc2)c1. The van der Waals surface area contributed by atoms with Crippen molar-refractivity contribution in [3.63, 3.8) is 0 Å². The Balaban J connectivity index is 1.68. The number of ether oxygens (including phenoxy) is 1. The van der Waals surface area contributed by atoms with E-state index in [1.807, 2.05) is 36.2 Å². The van der Waals surface area contributed by atoms with E-state index in [1.54, 1.807) is 50.0 Å². The van der Waals surface area contributed by atoms with Gasteiger partial charge in [-0.05, 0) is 48.4 Å². The number of anilines is 2. The number of aromatic nitrogens is 2. The average molecular weight is 362 g/mol. The van der Waals surface area contributed by atoms with Gasteiger partial charge < -0.3 is 15.0 Å². The van der Waals surface area contributed by atoms with Crippen LogP contribution < -0.4 is 15.0 Å². The molecule has 2 heterocycles. The molecular weight excluding hydrogens is 340 g/mol. The molecule has 0 saturated heterocycles. The van der Waals surface area contributed by atoms with E-state index in [-0.39, 0.29) is 5.91 Å². The minimum absolute atomic E-state index is 0.203. The summed E-state index contributed by atoms with van der Waals surface area (Å²) in [4.78, 5) is 23.1. The van der Waals surface area contributed by atoms with Crippen LogP contribution in [0.4, 0.5) is 11.5 Å². The molecule has 0 aliphatic carbocycles. The molecule has 27 heavy (non-hydrogen) atoms. The van der Waals surface area contributed by atoms with Crippen molar-refractivity contribution < 1.29 is 9.53 Å². The second-order valence-electron chi connectivity index (χ2n) is 6.08. The molecule has 1 amide bonds. The van der Waals surface area contributed by atoms with Gasteiger partial charge in [0.05, 0.1) is 12.8 Å². The fourth-order valence-electron chi connectivity index (χ4n) is 2.67. The van der Waals surface area contributed by atoms with Crippen molar-refractivity contribution >= 4 is 17.4 Å². The maximum atomic E-state index is 12.6. The van der Waals surface area contributed by atoms with Crippen LogP contribution in [0, 0.1) is 0 Å². The van der Waals surface area contributed by atoms with Gasteiger partial charge in [-0.3, -0.25) is 9.78 Å². The van der Waals surface area contributed by atoms with E-state index in [4.69, 9.17) is 4.74 Å². The second kappa shape index (κ2) is 8.80. The summed E-state index contributed by atoms with van der Waals surface area (Å²) in [5.41, 5.74) is 2.39. The summed E-state index contributed by atoms with van der Waals surface area (Å²) in [5, 5.41) is 2.88. The van der Waals surface area contributed by atoms with Gasteiger partial charge in [0.2, 0.25) is 0 Å². The Bertz CT molecular complexity index is 899. The third-order valence-corrected chi connectivity index (χ3v) is 4.24. The third-order valence-electron chi connectivity index (χ3n) is 4.24. The number of hydrogen-bond acceptors (Lipinski definition) is 5. The predicted octanol–water partition coefficient (Wildman–Crippen LogP) is 3.42. The van der Waals surface area contributed by atoms with Crippen LogP contribution in [0.2, 0.25) is 0 Å². The van der Waals surface area contributed by atoms with Crippen molar-refractivity contribution in [2.24, 2.45) is 0 Å². The molecule has 0 unspecified atom stereocenters. The highest BCUT2D eigenvalue weighted by Gasteiger charge is 2.12. The Kier molecular flexibility index (Phi) is 5.99. The zero-order chi connectivity index (χ0) is 19.1. The number of nitrogens with zero attached hydrogens (tertiary/aromatic N) is 3. The van der Waals surface area contributed by atoms with Crippen LogP contribution >= 0.6 is 0 Å². The molecule has 0 radical (unpaired) electrons. The lowest BCUT2D eigenvalue weighted by atomic mass is 10.2. The topological polar surface area (TPSA) is 67.3 Å². The Hall–Kier alpha value is -3.41. The van der Waals surface area contributed by atoms with Crippen LogP contribution in [0.3, 0.4) is 0 Å². The van der Waals surface area contributed by atoms with Crippen molar-refractivity contribution in [1.29, 1.82) is 0 Å². The number of likely N-dealkylation sites (N-methyl/N-ethyl adjacent to an activating group) is 1. The molecule has 6 heteroatoms. The maximum absolute atomic E-state index is 12.6. The summed E-state index contributed by atoms with van der Waals surface area (Å²) < 4.78 is 5.28. The van der Waals surface area contributed by atoms with Crippen molar-refractivity contribution in [1.82, 2.24) is 9.97 Å². The number of pyridine rings is 2. The number of hydrogen-bond donors (Lipinski definition) is 1. The lowest BCUT2D eigenvalue weighted by molar-refractivity contribution is 0.102. The van der Waals surface area contributed by atoms with E-state index in [1.165, 1.54) is 5.56 Å². The van der Waals surface area contributed by atoms with Gasteiger partial charge in [-0.1, -0.05) is 12.1 Å². The second-order valence-corrected chi connectivity index (χ2v) is 6.08. The van der Waals surface area contributed by atoms with Crippen LogP contribution in [-0.4, -0.2) is 36.6 Å². The first-order valence-electron chi connectivity index (χ1n) is 8.68. The highest BCUT2D eigenvalue weighted by Crippen LogP contribution is 2.24. The Labute approximate surface area is 158 Å². The quantitative estimate of drug-likeness (QED) is 0.698. The molecule has 0 aliphatic rings. The van der Waals surface area contributed by atoms with Crippen LogP contribution in [0.15, 0.2) is 67.1 Å². The van der Waals surface area contributed by atoms with Gasteiger partial charge in [0.15, 0.2) is 0 Å². The fraction of sp³-hybridized carbons (Fsp3) is 0.190. The number of benzene rings is 1. The minimum atomic E-state index is -0.203. The number of carbonyl (C=O) groups excluding carboxylic acids is 1. The molecule has 3 rings (SSSR count). The van der Waals surface area contributed by atoms with Gasteiger partial charge in [-0.15, -0.1) is 0 Å². The summed E-state index contributed by atoms with van der Waals surface area (Å²) in [6, 6.07) is 14.8. The molecular formula is C21H22N4O2. The van der Waals surface area contributed by atoms with Crippen LogP contribution in [0.25, 0.3) is 0 Å². The highest BCUT2D eigenvalue weighted by molar-refractivity contribution is 6.05. The summed E-state index contributed by atoms with van der Waals surface area (Å²) in [6.07, 6.45) is 6.10. The van der Waals surface area contributed by atoms with Crippen LogP contribution in [0.1, 0.15) is 15.9 Å². The smallest absolute Gasteiger partial charge is 0.255 e. The van der Waals surface area contributed by atoms with Gasteiger partial charge in [0, 0.05) is 37.7 Å². The number of nitrogens with one attached hydrogen (secondary N) is 1. The Morgan fingerprint density at radius 1 is 1.11 bits per heavy atom. The largest absolute Gasteiger partial charge is 0.495 e. The molecule has 3 aromatic rings. The molecule has 0 aliphatic heterocycles. The molecule has 0 spiro atoms. The van der Waals surface area contributed by atoms with E-state index < -0.39 is 0 Å². The van der Waals surface area contributed by atoms with Crippen molar-refractivity contribution in [2.45, 2.75) is 6.42 Å². The van der Waals surface area contributed by atoms with Gasteiger partial charge in [-0.25, -0.2) is 4.98 Å². The molecule has 0 atom stereocenters. The van der Waals surface area contributed by atoms with Crippen LogP contribution in [-0.2, 0) is 6.42 Å². The summed E-state index contributed by atoms with van der Waals surface area (Å²) in [6.45, 7) is 0.786. The average Bonchev–Trinajstić information content (AvgIpc) is 2.73. The molecule has 0 saturated carbocycles. The highest BCUT2D eigenvalue weighted by atomic mass is 16.5. The monoisotopic (exact) mass is 362 g/mol. The molecule has 2 aromatic heterocycles. The summed E-state index contributed by atoms with van der Waals surface area (Å²) in [5.74, 6) is 1.16. The molecule has 1 aromatic carbocycles. The minimum Gasteiger partial charge on any atom is -0.495 e. The Morgan fingerprint density at radius 3 is 2.67 bits per heavy atom. The normalized spacial score (nSPS) is 10.3. The van der Waals surface area contributed by atoms with Gasteiger partial charge in [0.25, 0.3) is 5.91 Å². The standard InChI is InChI=1S/C21H22N4O2/c1-25(14-10-16-7-11-22-12-8-16)20-15-17(9-13-23-20)21(26)24-18-5-3-4-6-19(18)27-2/h3-9,11-13,15H,10,14H2,1-2H3,(H,24,26). The molecule has 0 bridgehead atoms. The number of rotatable bonds is 7. The first-order chi connectivity index (χ1) is 13.2. The summed E-state index contributed by atoms with van der Waals surface area (Å²) >= 11 is 0. The molecule has 138 valence electrons. The molecule has 1 N–H and O–H groups in total. The fourth-order valence-corrected chi connectivity index (χ4v) is 2.67. The first kappa shape index (κ1) is 18.4. The zero-order valence-electron chi connectivity index (χ0n) is 15.4. The van der Waals surface area contributed by atoms with E-state index >= 15 is 0 Å². The Morgan fingerprint density at radius 2 is 1.89 bits per heavy atom. The number of carbonyl (C=O) groups is 1. The van der Waals surface area contributed by atoms with Gasteiger partial charge in [0.1, 0.15) is 11.6 Å². The zero-order valence-corrected chi connectivity index (χ0v) is 15.4. The summed E-state index contributed by atoms with van der Waals surface area (Å²) in [7, 11) is 3.54. The van der Waals surface area contributed by atoms with Gasteiger partial charge >= 0.3 is 0 Å². The van der Waals surface area contributed by atoms with Crippen LogP contribution in [0.5, 0.6) is 5.75 Å². The molecule has 0 fully saturated rings. The van der Waals surface area contributed by atoms with E-state index in [0.29, 0.717) is 17.0 Å². The predicted molar refractivity (Wildman–Crippen MR) is 106 cm³/mol. The van der Waals surface area contributed by atoms with Gasteiger partial charge in [-0.2, -0.15) is 0 Å². The first-order valence-corrected chi connectivity index (χ1v) is 8.68. The van der Waals surface area contributed by atoms with E-state index in [0.717, 1.165) is 18.8 Å². The molecule has 6 nitrogen and oxygen atoms in total. The lowest BCUT2D eigenvalue weighted by Gasteiger charge is -2.18. The maximum Gasteiger partial charge on any atom is 0.255 e. The number of amides is 1. The van der Waals surface area contributed by atoms with Crippen molar-refractivity contribution in [3.05, 3.63) is 78.2 Å².